The molecule has 0 spiro atoms. The largest absolute Gasteiger partial charge is 0.542 e. The standard InChI is InChI=1S/C28H30F2N4.2C2HF3O2/c29-21-7-9-27-23(19-21)25-11-17-33(27)15-5-2-6-16-34-18-12-26(32-14-4-1-3-13-31-25)24-20-22(30)8-10-28(24)34;2*3-2(4,5)1(6)7/h7-12,17-20H,1-6,13-16H2;2*(H,6,7). The molecule has 0 fully saturated rings. The van der Waals surface area contributed by atoms with E-state index in [-0.39, 0.29) is 11.6 Å². The summed E-state index contributed by atoms with van der Waals surface area (Å²) in [4.78, 5) is 17.6. The zero-order chi connectivity index (χ0) is 35.5. The van der Waals surface area contributed by atoms with Gasteiger partial charge in [-0.3, -0.25) is 0 Å². The van der Waals surface area contributed by atoms with E-state index in [1.807, 2.05) is 12.1 Å². The van der Waals surface area contributed by atoms with Crippen LogP contribution in [-0.2, 0) is 22.7 Å². The molecule has 6 rings (SSSR count). The second-order valence-corrected chi connectivity index (χ2v) is 10.7. The van der Waals surface area contributed by atoms with Crippen molar-refractivity contribution in [2.45, 2.75) is 64.0 Å². The Kier molecular flexibility index (Phi) is 13.3. The fourth-order valence-electron chi connectivity index (χ4n) is 4.93. The predicted molar refractivity (Wildman–Crippen MR) is 155 cm³/mol. The van der Waals surface area contributed by atoms with E-state index in [9.17, 15) is 35.1 Å². The van der Waals surface area contributed by atoms with Crippen molar-refractivity contribution in [3.63, 3.8) is 0 Å². The number of halogens is 8. The molecule has 0 unspecified atom stereocenters. The first-order chi connectivity index (χ1) is 22.6. The fraction of sp³-hybridized carbons (Fsp3) is 0.375. The summed E-state index contributed by atoms with van der Waals surface area (Å²) in [5.41, 5.74) is 4.09. The number of carbonyl (C=O) groups is 2. The van der Waals surface area contributed by atoms with Crippen molar-refractivity contribution >= 4 is 45.1 Å². The minimum Gasteiger partial charge on any atom is -0.542 e. The number of hydrogen-bond donors (Lipinski definition) is 2. The van der Waals surface area contributed by atoms with Crippen LogP contribution in [0.15, 0.2) is 60.9 Å². The van der Waals surface area contributed by atoms with Crippen molar-refractivity contribution in [3.05, 3.63) is 72.6 Å². The lowest BCUT2D eigenvalue weighted by atomic mass is 10.1. The number of nitrogens with one attached hydrogen (secondary N) is 2. The van der Waals surface area contributed by atoms with Crippen LogP contribution in [0.25, 0.3) is 21.8 Å². The normalized spacial score (nSPS) is 14.5. The smallest absolute Gasteiger partial charge is 0.430 e. The van der Waals surface area contributed by atoms with E-state index in [0.29, 0.717) is 0 Å². The lowest BCUT2D eigenvalue weighted by Crippen LogP contribution is -2.37. The zero-order valence-electron chi connectivity index (χ0n) is 25.4. The van der Waals surface area contributed by atoms with Gasteiger partial charge in [0.25, 0.3) is 0 Å². The maximum absolute atomic E-state index is 14.0. The van der Waals surface area contributed by atoms with E-state index in [1.54, 1.807) is 24.3 Å². The number of carboxylic acids is 2. The lowest BCUT2D eigenvalue weighted by Gasteiger charge is -2.12. The SMILES string of the molecule is Fc1ccc2c(c1)c1cc[n+]2CCCCC[n+]2ccc(c3cc(F)ccc32)NCCCCCN1.O=C([O-])C(F)(F)F.O=C([O-])C(F)(F)F. The molecule has 4 bridgehead atoms. The number of carbonyl (C=O) groups excluding carboxylic acids is 2. The molecular weight excluding hydrogens is 656 g/mol. The highest BCUT2D eigenvalue weighted by molar-refractivity contribution is 5.89. The third-order valence-corrected chi connectivity index (χ3v) is 7.20. The van der Waals surface area contributed by atoms with Crippen LogP contribution in [0.1, 0.15) is 38.5 Å². The number of aryl methyl sites for hydroxylation is 2. The summed E-state index contributed by atoms with van der Waals surface area (Å²) in [6.45, 7) is 3.47. The summed E-state index contributed by atoms with van der Waals surface area (Å²) in [6, 6.07) is 14.3. The molecule has 8 nitrogen and oxygen atoms in total. The minimum atomic E-state index is -5.19. The van der Waals surface area contributed by atoms with Crippen LogP contribution in [0.3, 0.4) is 0 Å². The number of alkyl halides is 6. The van der Waals surface area contributed by atoms with E-state index in [0.717, 1.165) is 97.9 Å². The summed E-state index contributed by atoms with van der Waals surface area (Å²) in [7, 11) is 0. The maximum Gasteiger partial charge on any atom is 0.430 e. The van der Waals surface area contributed by atoms with Crippen molar-refractivity contribution in [2.75, 3.05) is 23.7 Å². The van der Waals surface area contributed by atoms with Crippen molar-refractivity contribution in [1.82, 2.24) is 0 Å². The van der Waals surface area contributed by atoms with Crippen LogP contribution in [0.4, 0.5) is 46.5 Å². The van der Waals surface area contributed by atoms with Crippen LogP contribution in [-0.4, -0.2) is 37.4 Å². The topological polar surface area (TPSA) is 112 Å². The van der Waals surface area contributed by atoms with Gasteiger partial charge in [0.15, 0.2) is 12.4 Å². The number of carboxylic acid groups (broad SMARTS) is 2. The Morgan fingerprint density at radius 3 is 1.29 bits per heavy atom. The van der Waals surface area contributed by atoms with Crippen molar-refractivity contribution in [2.24, 2.45) is 0 Å². The van der Waals surface area contributed by atoms with Gasteiger partial charge in [0.05, 0.1) is 22.1 Å². The molecule has 0 saturated carbocycles. The predicted octanol–water partition coefficient (Wildman–Crippen LogP) is 4.32. The molecule has 4 heterocycles. The van der Waals surface area contributed by atoms with E-state index in [4.69, 9.17) is 19.8 Å². The first kappa shape index (κ1) is 37.7. The Morgan fingerprint density at radius 1 is 0.583 bits per heavy atom. The number of benzene rings is 2. The van der Waals surface area contributed by atoms with Crippen molar-refractivity contribution in [1.29, 1.82) is 0 Å². The zero-order valence-corrected chi connectivity index (χ0v) is 25.4. The molecule has 2 N–H and O–H groups in total. The van der Waals surface area contributed by atoms with E-state index >= 15 is 0 Å². The number of rotatable bonds is 0. The molecule has 0 atom stereocenters. The molecule has 2 aromatic carbocycles. The van der Waals surface area contributed by atoms with Gasteiger partial charge in [0.1, 0.15) is 36.7 Å². The molecule has 4 aromatic rings. The Morgan fingerprint density at radius 2 is 0.938 bits per heavy atom. The third-order valence-electron chi connectivity index (χ3n) is 7.20. The number of anilines is 2. The molecule has 0 radical (unpaired) electrons. The van der Waals surface area contributed by atoms with Gasteiger partial charge in [-0.2, -0.15) is 35.5 Å². The third kappa shape index (κ3) is 11.2. The Balaban J connectivity index is 0.000000376. The monoisotopic (exact) mass is 688 g/mol. The number of fused-ring (bicyclic) bond motifs is 12. The number of nitrogens with zero attached hydrogens (tertiary/aromatic N) is 2. The van der Waals surface area contributed by atoms with Gasteiger partial charge in [-0.25, -0.2) is 8.78 Å². The van der Waals surface area contributed by atoms with Gasteiger partial charge in [-0.15, -0.1) is 0 Å². The van der Waals surface area contributed by atoms with Crippen LogP contribution >= 0.6 is 0 Å². The summed E-state index contributed by atoms with van der Waals surface area (Å²) in [5, 5.41) is 26.5. The molecule has 48 heavy (non-hydrogen) atoms. The van der Waals surface area contributed by atoms with Crippen molar-refractivity contribution < 1.29 is 64.1 Å². The first-order valence-electron chi connectivity index (χ1n) is 14.9. The van der Waals surface area contributed by atoms with Gasteiger partial charge in [-0.1, -0.05) is 0 Å². The summed E-state index contributed by atoms with van der Waals surface area (Å²) in [6.07, 6.45) is 0.104. The summed E-state index contributed by atoms with van der Waals surface area (Å²) < 4.78 is 95.6. The maximum atomic E-state index is 14.0. The minimum absolute atomic E-state index is 0.205. The first-order valence-corrected chi connectivity index (χ1v) is 14.9. The van der Waals surface area contributed by atoms with Crippen LogP contribution in [0.5, 0.6) is 0 Å². The number of aromatic nitrogens is 2. The number of pyridine rings is 2. The van der Waals surface area contributed by atoms with Crippen LogP contribution < -0.4 is 30.0 Å². The highest BCUT2D eigenvalue weighted by Crippen LogP contribution is 2.24. The van der Waals surface area contributed by atoms with Gasteiger partial charge in [-0.05, 0) is 49.9 Å². The summed E-state index contributed by atoms with van der Waals surface area (Å²) >= 11 is 0. The lowest BCUT2D eigenvalue weighted by molar-refractivity contribution is -0.675. The van der Waals surface area contributed by atoms with Gasteiger partial charge < -0.3 is 30.4 Å². The Hall–Kier alpha value is -4.76. The average molecular weight is 689 g/mol. The molecule has 0 saturated heterocycles. The summed E-state index contributed by atoms with van der Waals surface area (Å²) in [5.74, 6) is -6.42. The Labute approximate surface area is 269 Å². The van der Waals surface area contributed by atoms with Crippen LogP contribution in [0.2, 0.25) is 0 Å². The fourth-order valence-corrected chi connectivity index (χ4v) is 4.93. The molecule has 2 aromatic heterocycles. The second-order valence-electron chi connectivity index (χ2n) is 10.7. The van der Waals surface area contributed by atoms with E-state index < -0.39 is 24.3 Å². The van der Waals surface area contributed by atoms with Gasteiger partial charge in [0, 0.05) is 50.2 Å². The molecule has 0 amide bonds. The molecular formula is C32H32F8N4O4. The number of hydrogen-bond acceptors (Lipinski definition) is 6. The van der Waals surface area contributed by atoms with Gasteiger partial charge >= 0.3 is 12.4 Å². The second kappa shape index (κ2) is 16.9. The Bertz CT molecular complexity index is 1590. The van der Waals surface area contributed by atoms with Gasteiger partial charge in [0.2, 0.25) is 11.0 Å². The van der Waals surface area contributed by atoms with Crippen LogP contribution in [0, 0.1) is 11.6 Å². The highest BCUT2D eigenvalue weighted by Gasteiger charge is 2.29. The van der Waals surface area contributed by atoms with E-state index in [2.05, 4.69) is 44.3 Å². The average Bonchev–Trinajstić information content (AvgIpc) is 3.00. The quantitative estimate of drug-likeness (QED) is 0.210. The highest BCUT2D eigenvalue weighted by atomic mass is 19.4. The number of aliphatic carboxylic acids is 2. The molecule has 260 valence electrons. The molecule has 2 aliphatic rings. The molecule has 0 aliphatic carbocycles. The molecule has 16 heteroatoms. The van der Waals surface area contributed by atoms with E-state index in [1.165, 1.54) is 0 Å². The molecule has 2 aliphatic heterocycles. The van der Waals surface area contributed by atoms with Crippen molar-refractivity contribution in [3.8, 4) is 0 Å².